The number of aryl methyl sites for hydroxylation is 2. The van der Waals surface area contributed by atoms with Gasteiger partial charge in [-0.15, -0.1) is 16.4 Å². The summed E-state index contributed by atoms with van der Waals surface area (Å²) in [6, 6.07) is 5.57. The number of thiophene rings is 1. The summed E-state index contributed by atoms with van der Waals surface area (Å²) in [6.45, 7) is 5.91. The van der Waals surface area contributed by atoms with E-state index in [2.05, 4.69) is 54.9 Å². The summed E-state index contributed by atoms with van der Waals surface area (Å²) >= 11 is 1.67. The van der Waals surface area contributed by atoms with Gasteiger partial charge in [-0.2, -0.15) is 4.68 Å². The monoisotopic (exact) mass is 459 g/mol. The van der Waals surface area contributed by atoms with Gasteiger partial charge in [0.15, 0.2) is 11.5 Å². The van der Waals surface area contributed by atoms with Crippen molar-refractivity contribution in [2.45, 2.75) is 33.2 Å². The van der Waals surface area contributed by atoms with Gasteiger partial charge in [0.1, 0.15) is 5.69 Å². The van der Waals surface area contributed by atoms with E-state index in [0.29, 0.717) is 34.8 Å². The first kappa shape index (κ1) is 20.9. The molecular formula is C22H21N9OS. The number of nitrogens with zero attached hydrogens (tertiary/aromatic N) is 8. The quantitative estimate of drug-likeness (QED) is 0.414. The highest BCUT2D eigenvalue weighted by atomic mass is 32.1. The van der Waals surface area contributed by atoms with E-state index in [1.807, 2.05) is 24.4 Å². The predicted octanol–water partition coefficient (Wildman–Crippen LogP) is 3.19. The molecule has 5 aromatic rings. The Bertz CT molecular complexity index is 1440. The molecule has 33 heavy (non-hydrogen) atoms. The van der Waals surface area contributed by atoms with Crippen molar-refractivity contribution in [3.05, 3.63) is 71.1 Å². The third-order valence-electron chi connectivity index (χ3n) is 5.29. The molecule has 11 heteroatoms. The molecule has 166 valence electrons. The van der Waals surface area contributed by atoms with Crippen molar-refractivity contribution in [1.82, 2.24) is 44.9 Å². The summed E-state index contributed by atoms with van der Waals surface area (Å²) in [7, 11) is 0. The molecule has 0 aliphatic rings. The fraction of sp³-hybridized carbons (Fsp3) is 0.227. The number of nitrogens with one attached hydrogen (secondary N) is 1. The highest BCUT2D eigenvalue weighted by Gasteiger charge is 2.20. The van der Waals surface area contributed by atoms with Crippen molar-refractivity contribution in [1.29, 1.82) is 0 Å². The molecule has 0 aliphatic heterocycles. The van der Waals surface area contributed by atoms with Crippen LogP contribution >= 0.6 is 11.3 Å². The lowest BCUT2D eigenvalue weighted by Gasteiger charge is -2.14. The number of pyridine rings is 1. The van der Waals surface area contributed by atoms with Gasteiger partial charge in [0.2, 0.25) is 0 Å². The van der Waals surface area contributed by atoms with Gasteiger partial charge in [-0.1, -0.05) is 6.92 Å². The SMILES string of the molecule is CCc1nnnn1-c1cc(C(=O)NC(C)c2cnccn2)cn2c(-c3ccc(C)s3)cnc12. The standard InChI is InChI=1S/C22H21N9OS/c1-4-20-27-28-29-31(20)17-9-15(22(32)26-14(3)16-10-23-7-8-24-16)12-30-18(11-25-21(17)30)19-6-5-13(2)33-19/h5-12,14H,4H2,1-3H3,(H,26,32). The van der Waals surface area contributed by atoms with E-state index in [9.17, 15) is 4.79 Å². The van der Waals surface area contributed by atoms with Crippen molar-refractivity contribution < 1.29 is 4.79 Å². The largest absolute Gasteiger partial charge is 0.344 e. The van der Waals surface area contributed by atoms with E-state index in [1.54, 1.807) is 46.9 Å². The summed E-state index contributed by atoms with van der Waals surface area (Å²) in [5, 5.41) is 15.1. The molecule has 5 heterocycles. The van der Waals surface area contributed by atoms with Crippen LogP contribution in [0.25, 0.3) is 21.9 Å². The van der Waals surface area contributed by atoms with Crippen LogP contribution in [0.15, 0.2) is 49.2 Å². The number of amides is 1. The predicted molar refractivity (Wildman–Crippen MR) is 123 cm³/mol. The fourth-order valence-electron chi connectivity index (χ4n) is 3.61. The molecule has 0 bridgehead atoms. The molecule has 0 aromatic carbocycles. The third-order valence-corrected chi connectivity index (χ3v) is 6.32. The Morgan fingerprint density at radius 2 is 2.09 bits per heavy atom. The number of aromatic nitrogens is 8. The highest BCUT2D eigenvalue weighted by Crippen LogP contribution is 2.30. The molecule has 5 aromatic heterocycles. The average molecular weight is 460 g/mol. The highest BCUT2D eigenvalue weighted by molar-refractivity contribution is 7.15. The number of hydrogen-bond acceptors (Lipinski definition) is 8. The molecule has 0 radical (unpaired) electrons. The maximum atomic E-state index is 13.3. The third kappa shape index (κ3) is 3.87. The molecule has 5 rings (SSSR count). The molecule has 0 fully saturated rings. The van der Waals surface area contributed by atoms with Gasteiger partial charge >= 0.3 is 0 Å². The Morgan fingerprint density at radius 1 is 1.21 bits per heavy atom. The second-order valence-electron chi connectivity index (χ2n) is 7.55. The van der Waals surface area contributed by atoms with Crippen molar-refractivity contribution >= 4 is 22.9 Å². The number of rotatable bonds is 6. The fourth-order valence-corrected chi connectivity index (χ4v) is 4.48. The number of fused-ring (bicyclic) bond motifs is 1. The van der Waals surface area contributed by atoms with Crippen molar-refractivity contribution in [2.75, 3.05) is 0 Å². The first-order valence-electron chi connectivity index (χ1n) is 10.5. The molecule has 0 saturated heterocycles. The maximum Gasteiger partial charge on any atom is 0.253 e. The molecule has 10 nitrogen and oxygen atoms in total. The summed E-state index contributed by atoms with van der Waals surface area (Å²) in [6.07, 6.45) is 9.09. The first-order valence-corrected chi connectivity index (χ1v) is 11.3. The normalized spacial score (nSPS) is 12.2. The summed E-state index contributed by atoms with van der Waals surface area (Å²) in [5.41, 5.74) is 3.33. The van der Waals surface area contributed by atoms with Gasteiger partial charge in [-0.25, -0.2) is 4.98 Å². The Hall–Kier alpha value is -3.99. The van der Waals surface area contributed by atoms with Gasteiger partial charge in [0, 0.05) is 29.9 Å². The Morgan fingerprint density at radius 3 is 2.82 bits per heavy atom. The molecule has 0 saturated carbocycles. The number of carbonyl (C=O) groups is 1. The van der Waals surface area contributed by atoms with Gasteiger partial charge in [0.05, 0.1) is 40.3 Å². The average Bonchev–Trinajstić information content (AvgIpc) is 3.58. The zero-order valence-corrected chi connectivity index (χ0v) is 19.1. The zero-order valence-electron chi connectivity index (χ0n) is 18.3. The van der Waals surface area contributed by atoms with Gasteiger partial charge in [-0.05, 0) is 42.5 Å². The lowest BCUT2D eigenvalue weighted by Crippen LogP contribution is -2.27. The molecule has 1 N–H and O–H groups in total. The van der Waals surface area contributed by atoms with Crippen LogP contribution < -0.4 is 5.32 Å². The van der Waals surface area contributed by atoms with E-state index in [4.69, 9.17) is 0 Å². The van der Waals surface area contributed by atoms with E-state index >= 15 is 0 Å². The molecule has 1 amide bonds. The molecule has 0 aliphatic carbocycles. The molecular weight excluding hydrogens is 438 g/mol. The molecule has 0 spiro atoms. The van der Waals surface area contributed by atoms with E-state index < -0.39 is 0 Å². The van der Waals surface area contributed by atoms with E-state index in [-0.39, 0.29) is 11.9 Å². The van der Waals surface area contributed by atoms with E-state index in [1.165, 1.54) is 4.88 Å². The van der Waals surface area contributed by atoms with Gasteiger partial charge in [0.25, 0.3) is 5.91 Å². The summed E-state index contributed by atoms with van der Waals surface area (Å²) in [4.78, 5) is 28.5. The van der Waals surface area contributed by atoms with Crippen LogP contribution in [-0.4, -0.2) is 45.5 Å². The second kappa shape index (κ2) is 8.51. The van der Waals surface area contributed by atoms with Crippen LogP contribution in [0, 0.1) is 6.92 Å². The Labute approximate surface area is 193 Å². The Balaban J connectivity index is 1.63. The van der Waals surface area contributed by atoms with Crippen LogP contribution in [-0.2, 0) is 6.42 Å². The van der Waals surface area contributed by atoms with Crippen LogP contribution in [0.1, 0.15) is 46.6 Å². The van der Waals surface area contributed by atoms with Crippen molar-refractivity contribution in [3.8, 4) is 16.3 Å². The summed E-state index contributed by atoms with van der Waals surface area (Å²) in [5.74, 6) is 0.434. The number of imidazole rings is 1. The van der Waals surface area contributed by atoms with Gasteiger partial charge < -0.3 is 5.32 Å². The number of hydrogen-bond donors (Lipinski definition) is 1. The van der Waals surface area contributed by atoms with Gasteiger partial charge in [-0.3, -0.25) is 19.2 Å². The van der Waals surface area contributed by atoms with E-state index in [0.717, 1.165) is 10.6 Å². The minimum atomic E-state index is -0.313. The summed E-state index contributed by atoms with van der Waals surface area (Å²) < 4.78 is 3.55. The van der Waals surface area contributed by atoms with Crippen LogP contribution in [0.5, 0.6) is 0 Å². The number of carbonyl (C=O) groups excluding carboxylic acids is 1. The lowest BCUT2D eigenvalue weighted by molar-refractivity contribution is 0.0938. The lowest BCUT2D eigenvalue weighted by atomic mass is 10.2. The maximum absolute atomic E-state index is 13.3. The van der Waals surface area contributed by atoms with Crippen molar-refractivity contribution in [2.24, 2.45) is 0 Å². The minimum absolute atomic E-state index is 0.246. The first-order chi connectivity index (χ1) is 16.0. The zero-order chi connectivity index (χ0) is 22.9. The van der Waals surface area contributed by atoms with Crippen LogP contribution in [0.3, 0.4) is 0 Å². The molecule has 1 atom stereocenters. The minimum Gasteiger partial charge on any atom is -0.344 e. The smallest absolute Gasteiger partial charge is 0.253 e. The van der Waals surface area contributed by atoms with Crippen molar-refractivity contribution in [3.63, 3.8) is 0 Å². The Kier molecular flexibility index (Phi) is 5.38. The second-order valence-corrected chi connectivity index (χ2v) is 8.84. The molecule has 1 unspecified atom stereocenters. The number of tetrazole rings is 1. The van der Waals surface area contributed by atoms with Crippen LogP contribution in [0.2, 0.25) is 0 Å². The topological polar surface area (TPSA) is 116 Å². The van der Waals surface area contributed by atoms with Crippen LogP contribution in [0.4, 0.5) is 0 Å².